The normalized spacial score (nSPS) is 17.1. The summed E-state index contributed by atoms with van der Waals surface area (Å²) in [6.07, 6.45) is 4.32. The van der Waals surface area contributed by atoms with Crippen LogP contribution in [0, 0.1) is 11.3 Å². The van der Waals surface area contributed by atoms with E-state index in [2.05, 4.69) is 11.4 Å². The summed E-state index contributed by atoms with van der Waals surface area (Å²) in [5.74, 6) is -0.109. The lowest BCUT2D eigenvalue weighted by atomic mass is 9.94. The highest BCUT2D eigenvalue weighted by atomic mass is 16.1. The molecule has 0 aliphatic heterocycles. The molecule has 3 N–H and O–H groups in total. The molecule has 4 heteroatoms. The van der Waals surface area contributed by atoms with Crippen LogP contribution >= 0.6 is 0 Å². The third-order valence-electron chi connectivity index (χ3n) is 3.43. The summed E-state index contributed by atoms with van der Waals surface area (Å²) in [6, 6.07) is 9.04. The summed E-state index contributed by atoms with van der Waals surface area (Å²) in [6.45, 7) is 0. The Morgan fingerprint density at radius 3 is 2.72 bits per heavy atom. The average Bonchev–Trinajstić information content (AvgIpc) is 2.76. The molecule has 0 bridgehead atoms. The Morgan fingerprint density at radius 2 is 2.06 bits per heavy atom. The number of nitriles is 1. The van der Waals surface area contributed by atoms with Crippen LogP contribution in [0.1, 0.15) is 37.7 Å². The van der Waals surface area contributed by atoms with Gasteiger partial charge in [-0.15, -0.1) is 0 Å². The van der Waals surface area contributed by atoms with E-state index in [4.69, 9.17) is 11.0 Å². The summed E-state index contributed by atoms with van der Waals surface area (Å²) in [5, 5.41) is 11.7. The van der Waals surface area contributed by atoms with Crippen molar-refractivity contribution in [2.75, 3.05) is 5.32 Å². The zero-order valence-electron chi connectivity index (χ0n) is 10.3. The number of nitrogens with zero attached hydrogens (tertiary/aromatic N) is 1. The molecule has 0 radical (unpaired) electrons. The topological polar surface area (TPSA) is 78.9 Å². The molecule has 0 aromatic heterocycles. The number of rotatable bonds is 3. The lowest BCUT2D eigenvalue weighted by Gasteiger charge is -2.22. The number of hydrogen-bond acceptors (Lipinski definition) is 3. The lowest BCUT2D eigenvalue weighted by Crippen LogP contribution is -2.40. The minimum atomic E-state index is -0.355. The van der Waals surface area contributed by atoms with Crippen LogP contribution in [0.5, 0.6) is 0 Å². The summed E-state index contributed by atoms with van der Waals surface area (Å²) in [7, 11) is 0. The Bertz CT molecular complexity index is 484. The zero-order chi connectivity index (χ0) is 13.0. The Balaban J connectivity index is 2.01. The second-order valence-corrected chi connectivity index (χ2v) is 4.95. The van der Waals surface area contributed by atoms with E-state index in [1.807, 2.05) is 0 Å². The quantitative estimate of drug-likeness (QED) is 0.853. The van der Waals surface area contributed by atoms with Crippen LogP contribution in [0.25, 0.3) is 0 Å². The number of benzene rings is 1. The second kappa shape index (κ2) is 5.19. The van der Waals surface area contributed by atoms with Gasteiger partial charge in [0.15, 0.2) is 0 Å². The number of anilines is 1. The first-order valence-electron chi connectivity index (χ1n) is 6.21. The number of nitrogens with two attached hydrogens (primary N) is 1. The van der Waals surface area contributed by atoms with E-state index in [0.717, 1.165) is 25.7 Å². The average molecular weight is 243 g/mol. The number of hydrogen-bond donors (Lipinski definition) is 2. The molecule has 2 rings (SSSR count). The predicted octanol–water partition coefficient (Wildman–Crippen LogP) is 2.16. The number of carbonyl (C=O) groups excluding carboxylic acids is 1. The van der Waals surface area contributed by atoms with E-state index in [9.17, 15) is 4.79 Å². The van der Waals surface area contributed by atoms with Gasteiger partial charge in [0.25, 0.3) is 0 Å². The number of nitrogens with one attached hydrogen (secondary N) is 1. The third-order valence-corrected chi connectivity index (χ3v) is 3.43. The molecule has 1 saturated carbocycles. The highest BCUT2D eigenvalue weighted by Gasteiger charge is 2.31. The molecular weight excluding hydrogens is 226 g/mol. The van der Waals surface area contributed by atoms with Crippen molar-refractivity contribution in [2.24, 2.45) is 5.73 Å². The molecule has 4 nitrogen and oxygen atoms in total. The van der Waals surface area contributed by atoms with Crippen LogP contribution < -0.4 is 11.1 Å². The molecule has 0 spiro atoms. The zero-order valence-corrected chi connectivity index (χ0v) is 10.3. The van der Waals surface area contributed by atoms with Crippen molar-refractivity contribution in [3.8, 4) is 6.07 Å². The second-order valence-electron chi connectivity index (χ2n) is 4.95. The van der Waals surface area contributed by atoms with Gasteiger partial charge in [0.2, 0.25) is 5.91 Å². The van der Waals surface area contributed by atoms with Crippen molar-refractivity contribution in [3.05, 3.63) is 29.8 Å². The van der Waals surface area contributed by atoms with E-state index in [1.54, 1.807) is 24.3 Å². The molecule has 0 atom stereocenters. The van der Waals surface area contributed by atoms with Gasteiger partial charge in [-0.25, -0.2) is 0 Å². The van der Waals surface area contributed by atoms with Crippen molar-refractivity contribution in [3.63, 3.8) is 0 Å². The van der Waals surface area contributed by atoms with Gasteiger partial charge in [0.1, 0.15) is 6.07 Å². The van der Waals surface area contributed by atoms with Gasteiger partial charge in [-0.3, -0.25) is 4.79 Å². The summed E-state index contributed by atoms with van der Waals surface area (Å²) in [5.41, 5.74) is 6.84. The van der Waals surface area contributed by atoms with E-state index < -0.39 is 0 Å². The van der Waals surface area contributed by atoms with Crippen molar-refractivity contribution in [1.82, 2.24) is 0 Å². The molecule has 1 aliphatic rings. The van der Waals surface area contributed by atoms with Gasteiger partial charge in [-0.05, 0) is 25.0 Å². The molecule has 0 saturated heterocycles. The maximum Gasteiger partial charge on any atom is 0.226 e. The number of para-hydroxylation sites is 1. The molecule has 18 heavy (non-hydrogen) atoms. The van der Waals surface area contributed by atoms with Gasteiger partial charge in [-0.2, -0.15) is 5.26 Å². The van der Waals surface area contributed by atoms with Gasteiger partial charge < -0.3 is 11.1 Å². The van der Waals surface area contributed by atoms with Crippen molar-refractivity contribution < 1.29 is 4.79 Å². The maximum absolute atomic E-state index is 11.9. The fraction of sp³-hybridized carbons (Fsp3) is 0.429. The molecule has 94 valence electrons. The molecule has 1 aromatic rings. The standard InChI is InChI=1S/C14H17N3O/c15-10-11-5-1-2-6-12(11)17-13(18)9-14(16)7-3-4-8-14/h1-2,5-6H,3-4,7-9,16H2,(H,17,18). The Labute approximate surface area is 107 Å². The first-order chi connectivity index (χ1) is 8.63. The van der Waals surface area contributed by atoms with Crippen molar-refractivity contribution in [1.29, 1.82) is 5.26 Å². The monoisotopic (exact) mass is 243 g/mol. The first kappa shape index (κ1) is 12.6. The van der Waals surface area contributed by atoms with E-state index in [-0.39, 0.29) is 11.4 Å². The third kappa shape index (κ3) is 2.88. The van der Waals surface area contributed by atoms with Crippen LogP contribution in [0.3, 0.4) is 0 Å². The summed E-state index contributed by atoms with van der Waals surface area (Å²) >= 11 is 0. The molecule has 0 unspecified atom stereocenters. The van der Waals surface area contributed by atoms with E-state index in [0.29, 0.717) is 17.7 Å². The van der Waals surface area contributed by atoms with Gasteiger partial charge in [0.05, 0.1) is 11.3 Å². The molecular formula is C14H17N3O. The number of carbonyl (C=O) groups is 1. The lowest BCUT2D eigenvalue weighted by molar-refractivity contribution is -0.117. The smallest absolute Gasteiger partial charge is 0.226 e. The largest absolute Gasteiger partial charge is 0.325 e. The Morgan fingerprint density at radius 1 is 1.39 bits per heavy atom. The molecule has 1 aromatic carbocycles. The Hall–Kier alpha value is -1.86. The van der Waals surface area contributed by atoms with Crippen LogP contribution in [-0.4, -0.2) is 11.4 Å². The van der Waals surface area contributed by atoms with E-state index in [1.165, 1.54) is 0 Å². The fourth-order valence-electron chi connectivity index (χ4n) is 2.46. The predicted molar refractivity (Wildman–Crippen MR) is 69.8 cm³/mol. The summed E-state index contributed by atoms with van der Waals surface area (Å²) in [4.78, 5) is 11.9. The van der Waals surface area contributed by atoms with Gasteiger partial charge in [0, 0.05) is 12.0 Å². The molecule has 1 fully saturated rings. The minimum Gasteiger partial charge on any atom is -0.325 e. The first-order valence-corrected chi connectivity index (χ1v) is 6.21. The van der Waals surface area contributed by atoms with Crippen molar-refractivity contribution >= 4 is 11.6 Å². The SMILES string of the molecule is N#Cc1ccccc1NC(=O)CC1(N)CCCC1. The Kier molecular flexibility index (Phi) is 3.63. The van der Waals surface area contributed by atoms with Gasteiger partial charge >= 0.3 is 0 Å². The van der Waals surface area contributed by atoms with Crippen LogP contribution in [0.4, 0.5) is 5.69 Å². The maximum atomic E-state index is 11.9. The molecule has 1 amide bonds. The highest BCUT2D eigenvalue weighted by molar-refractivity contribution is 5.92. The fourth-order valence-corrected chi connectivity index (χ4v) is 2.46. The van der Waals surface area contributed by atoms with E-state index >= 15 is 0 Å². The van der Waals surface area contributed by atoms with Crippen LogP contribution in [0.2, 0.25) is 0 Å². The van der Waals surface area contributed by atoms with Crippen LogP contribution in [0.15, 0.2) is 24.3 Å². The number of amides is 1. The highest BCUT2D eigenvalue weighted by Crippen LogP contribution is 2.30. The minimum absolute atomic E-state index is 0.109. The summed E-state index contributed by atoms with van der Waals surface area (Å²) < 4.78 is 0. The van der Waals surface area contributed by atoms with Gasteiger partial charge in [-0.1, -0.05) is 25.0 Å². The van der Waals surface area contributed by atoms with Crippen molar-refractivity contribution in [2.45, 2.75) is 37.6 Å². The van der Waals surface area contributed by atoms with Crippen LogP contribution in [-0.2, 0) is 4.79 Å². The molecule has 0 heterocycles. The molecule has 1 aliphatic carbocycles.